The summed E-state index contributed by atoms with van der Waals surface area (Å²) in [6.45, 7) is -0.876. The highest BCUT2D eigenvalue weighted by molar-refractivity contribution is 5.85. The van der Waals surface area contributed by atoms with Gasteiger partial charge in [-0.05, 0) is 24.1 Å². The minimum absolute atomic E-state index is 0.222. The van der Waals surface area contributed by atoms with E-state index in [0.29, 0.717) is 6.42 Å². The second kappa shape index (κ2) is 7.83. The molecule has 21 heavy (non-hydrogen) atoms. The molecule has 0 unspecified atom stereocenters. The maximum absolute atomic E-state index is 12.7. The van der Waals surface area contributed by atoms with Gasteiger partial charge in [-0.1, -0.05) is 12.1 Å². The fourth-order valence-corrected chi connectivity index (χ4v) is 1.63. The van der Waals surface area contributed by atoms with Crippen molar-refractivity contribution in [1.29, 1.82) is 0 Å². The smallest absolute Gasteiger partial charge is 0.323 e. The molecule has 1 rings (SSSR count). The molecule has 0 saturated carbocycles. The Bertz CT molecular complexity index is 503. The molecule has 114 valence electrons. The summed E-state index contributed by atoms with van der Waals surface area (Å²) in [6, 6.07) is 5.08. The number of hydrogen-bond acceptors (Lipinski definition) is 3. The average molecular weight is 297 g/mol. The number of nitrogens with one attached hydrogen (secondary N) is 1. The van der Waals surface area contributed by atoms with Crippen LogP contribution in [0.15, 0.2) is 24.3 Å². The largest absolute Gasteiger partial charge is 0.480 e. The normalized spacial score (nSPS) is 9.95. The summed E-state index contributed by atoms with van der Waals surface area (Å²) in [4.78, 5) is 34.0. The fourth-order valence-electron chi connectivity index (χ4n) is 1.63. The first-order valence-electron chi connectivity index (χ1n) is 6.16. The van der Waals surface area contributed by atoms with Gasteiger partial charge in [0.05, 0.1) is 0 Å². The van der Waals surface area contributed by atoms with Crippen LogP contribution in [0.1, 0.15) is 5.56 Å². The van der Waals surface area contributed by atoms with Crippen molar-refractivity contribution in [2.45, 2.75) is 6.42 Å². The van der Waals surface area contributed by atoms with Crippen LogP contribution in [0.25, 0.3) is 0 Å². The molecule has 1 aromatic carbocycles. The topological polar surface area (TPSA) is 113 Å². The third-order valence-corrected chi connectivity index (χ3v) is 2.56. The van der Waals surface area contributed by atoms with Crippen molar-refractivity contribution in [2.75, 3.05) is 19.6 Å². The van der Waals surface area contributed by atoms with Crippen molar-refractivity contribution in [3.05, 3.63) is 35.6 Å². The SMILES string of the molecule is NC(=O)CN(CC(=O)O)C(=O)NCCc1ccc(F)cc1. The highest BCUT2D eigenvalue weighted by atomic mass is 19.1. The summed E-state index contributed by atoms with van der Waals surface area (Å²) in [5.41, 5.74) is 5.77. The highest BCUT2D eigenvalue weighted by Gasteiger charge is 2.18. The number of urea groups is 1. The van der Waals surface area contributed by atoms with E-state index in [0.717, 1.165) is 10.5 Å². The third kappa shape index (κ3) is 6.37. The van der Waals surface area contributed by atoms with Gasteiger partial charge in [-0.15, -0.1) is 0 Å². The van der Waals surface area contributed by atoms with E-state index < -0.39 is 31.0 Å². The first-order valence-corrected chi connectivity index (χ1v) is 6.16. The number of rotatable bonds is 7. The van der Waals surface area contributed by atoms with Crippen LogP contribution in [-0.2, 0) is 16.0 Å². The molecule has 0 aliphatic carbocycles. The van der Waals surface area contributed by atoms with E-state index in [1.807, 2.05) is 0 Å². The van der Waals surface area contributed by atoms with Crippen LogP contribution in [0.3, 0.4) is 0 Å². The van der Waals surface area contributed by atoms with Crippen molar-refractivity contribution >= 4 is 17.9 Å². The molecule has 7 nitrogen and oxygen atoms in total. The summed E-state index contributed by atoms with van der Waals surface area (Å²) in [5.74, 6) is -2.40. The van der Waals surface area contributed by atoms with Crippen LogP contribution in [0, 0.1) is 5.82 Å². The Labute approximate surface area is 120 Å². The first-order chi connectivity index (χ1) is 9.88. The molecule has 0 atom stereocenters. The van der Waals surface area contributed by atoms with Gasteiger partial charge in [-0.2, -0.15) is 0 Å². The lowest BCUT2D eigenvalue weighted by atomic mass is 10.1. The molecule has 0 radical (unpaired) electrons. The van der Waals surface area contributed by atoms with Crippen molar-refractivity contribution in [1.82, 2.24) is 10.2 Å². The van der Waals surface area contributed by atoms with Crippen LogP contribution in [0.5, 0.6) is 0 Å². The number of carbonyl (C=O) groups is 3. The zero-order valence-electron chi connectivity index (χ0n) is 11.2. The molecule has 1 aromatic rings. The monoisotopic (exact) mass is 297 g/mol. The second-order valence-corrected chi connectivity index (χ2v) is 4.32. The van der Waals surface area contributed by atoms with Crippen LogP contribution >= 0.6 is 0 Å². The van der Waals surface area contributed by atoms with Crippen LogP contribution in [0.4, 0.5) is 9.18 Å². The number of benzene rings is 1. The number of hydrogen-bond donors (Lipinski definition) is 3. The Morgan fingerprint density at radius 1 is 1.19 bits per heavy atom. The molecule has 0 aromatic heterocycles. The first kappa shape index (κ1) is 16.4. The van der Waals surface area contributed by atoms with Gasteiger partial charge in [-0.3, -0.25) is 9.59 Å². The summed E-state index contributed by atoms with van der Waals surface area (Å²) in [6.07, 6.45) is 0.448. The van der Waals surface area contributed by atoms with E-state index in [1.54, 1.807) is 12.1 Å². The van der Waals surface area contributed by atoms with Gasteiger partial charge in [0.1, 0.15) is 18.9 Å². The molecular formula is C13H16FN3O4. The molecule has 0 aliphatic rings. The molecule has 0 saturated heterocycles. The predicted octanol–water partition coefficient (Wildman–Crippen LogP) is -0.0503. The van der Waals surface area contributed by atoms with Gasteiger partial charge >= 0.3 is 12.0 Å². The Balaban J connectivity index is 2.47. The van der Waals surface area contributed by atoms with Crippen LogP contribution in [0.2, 0.25) is 0 Å². The number of carboxylic acid groups (broad SMARTS) is 1. The molecule has 0 bridgehead atoms. The molecule has 0 heterocycles. The third-order valence-electron chi connectivity index (χ3n) is 2.56. The number of nitrogens with zero attached hydrogens (tertiary/aromatic N) is 1. The quantitative estimate of drug-likeness (QED) is 0.655. The summed E-state index contributed by atoms with van der Waals surface area (Å²) >= 11 is 0. The van der Waals surface area contributed by atoms with Crippen molar-refractivity contribution in [2.24, 2.45) is 5.73 Å². The number of carboxylic acids is 1. The maximum atomic E-state index is 12.7. The van der Waals surface area contributed by atoms with Crippen LogP contribution in [-0.4, -0.2) is 47.5 Å². The number of carbonyl (C=O) groups excluding carboxylic acids is 2. The highest BCUT2D eigenvalue weighted by Crippen LogP contribution is 2.02. The van der Waals surface area contributed by atoms with E-state index in [9.17, 15) is 18.8 Å². The zero-order chi connectivity index (χ0) is 15.8. The number of halogens is 1. The minimum Gasteiger partial charge on any atom is -0.480 e. The van der Waals surface area contributed by atoms with E-state index in [1.165, 1.54) is 12.1 Å². The Hall–Kier alpha value is -2.64. The van der Waals surface area contributed by atoms with Gasteiger partial charge in [0, 0.05) is 6.54 Å². The van der Waals surface area contributed by atoms with E-state index in [-0.39, 0.29) is 12.4 Å². The lowest BCUT2D eigenvalue weighted by molar-refractivity contribution is -0.137. The minimum atomic E-state index is -1.25. The van der Waals surface area contributed by atoms with Crippen LogP contribution < -0.4 is 11.1 Å². The molecule has 8 heteroatoms. The van der Waals surface area contributed by atoms with E-state index in [2.05, 4.69) is 5.32 Å². The number of nitrogens with two attached hydrogens (primary N) is 1. The van der Waals surface area contributed by atoms with E-state index in [4.69, 9.17) is 10.8 Å². The second-order valence-electron chi connectivity index (χ2n) is 4.32. The molecule has 0 aliphatic heterocycles. The Kier molecular flexibility index (Phi) is 6.12. The summed E-state index contributed by atoms with van der Waals surface area (Å²) < 4.78 is 12.7. The lowest BCUT2D eigenvalue weighted by Gasteiger charge is -2.19. The van der Waals surface area contributed by atoms with Gasteiger partial charge in [0.2, 0.25) is 5.91 Å². The Morgan fingerprint density at radius 3 is 2.33 bits per heavy atom. The van der Waals surface area contributed by atoms with Gasteiger partial charge < -0.3 is 21.1 Å². The van der Waals surface area contributed by atoms with Crippen molar-refractivity contribution < 1.29 is 23.9 Å². The zero-order valence-corrected chi connectivity index (χ0v) is 11.2. The number of aliphatic carboxylic acids is 1. The lowest BCUT2D eigenvalue weighted by Crippen LogP contribution is -2.47. The summed E-state index contributed by atoms with van der Waals surface area (Å²) in [7, 11) is 0. The maximum Gasteiger partial charge on any atom is 0.323 e. The molecular weight excluding hydrogens is 281 g/mol. The van der Waals surface area contributed by atoms with Crippen molar-refractivity contribution in [3.63, 3.8) is 0 Å². The molecule has 0 spiro atoms. The number of amides is 3. The molecule has 4 N–H and O–H groups in total. The van der Waals surface area contributed by atoms with Gasteiger partial charge in [0.25, 0.3) is 0 Å². The molecule has 0 fully saturated rings. The average Bonchev–Trinajstić information content (AvgIpc) is 2.39. The number of primary amides is 1. The standard InChI is InChI=1S/C13H16FN3O4/c14-10-3-1-9(2-4-10)5-6-16-13(21)17(7-11(15)18)8-12(19)20/h1-4H,5-8H2,(H2,15,18)(H,16,21)(H,19,20). The summed E-state index contributed by atoms with van der Waals surface area (Å²) in [5, 5.41) is 11.1. The van der Waals surface area contributed by atoms with E-state index >= 15 is 0 Å². The Morgan fingerprint density at radius 2 is 1.81 bits per heavy atom. The van der Waals surface area contributed by atoms with Gasteiger partial charge in [0.15, 0.2) is 0 Å². The predicted molar refractivity (Wildman–Crippen MR) is 71.9 cm³/mol. The fraction of sp³-hybridized carbons (Fsp3) is 0.308. The van der Waals surface area contributed by atoms with Crippen molar-refractivity contribution in [3.8, 4) is 0 Å². The molecule has 3 amide bonds. The van der Waals surface area contributed by atoms with Gasteiger partial charge in [-0.25, -0.2) is 9.18 Å².